The van der Waals surface area contributed by atoms with Crippen molar-refractivity contribution in [3.63, 3.8) is 0 Å². The molecular formula is C15H15FN6O. The van der Waals surface area contributed by atoms with E-state index in [1.54, 1.807) is 6.07 Å². The maximum atomic E-state index is 13.1. The molecule has 1 aliphatic rings. The molecule has 3 rings (SSSR count). The molecule has 7 nitrogen and oxygen atoms in total. The summed E-state index contributed by atoms with van der Waals surface area (Å²) in [6.07, 6.45) is 5.06. The van der Waals surface area contributed by atoms with E-state index in [1.165, 1.54) is 18.5 Å². The fraction of sp³-hybridized carbons (Fsp3) is 0.333. The van der Waals surface area contributed by atoms with Gasteiger partial charge in [0.25, 0.3) is 5.91 Å². The van der Waals surface area contributed by atoms with Gasteiger partial charge in [0.05, 0.1) is 18.7 Å². The second-order valence-corrected chi connectivity index (χ2v) is 5.43. The van der Waals surface area contributed by atoms with E-state index in [0.717, 1.165) is 12.8 Å². The molecule has 1 unspecified atom stereocenters. The van der Waals surface area contributed by atoms with Crippen molar-refractivity contribution >= 4 is 17.4 Å². The molecule has 1 fully saturated rings. The Balaban J connectivity index is 1.72. The number of pyridine rings is 1. The van der Waals surface area contributed by atoms with Crippen LogP contribution >= 0.6 is 0 Å². The Bertz CT molecular complexity index is 748. The highest BCUT2D eigenvalue weighted by Crippen LogP contribution is 2.34. The summed E-state index contributed by atoms with van der Waals surface area (Å²) in [5.41, 5.74) is 0.761. The van der Waals surface area contributed by atoms with Crippen molar-refractivity contribution in [1.29, 1.82) is 5.26 Å². The second-order valence-electron chi connectivity index (χ2n) is 5.43. The van der Waals surface area contributed by atoms with Gasteiger partial charge in [0.15, 0.2) is 0 Å². The minimum Gasteiger partial charge on any atom is -0.348 e. The molecule has 0 radical (unpaired) electrons. The van der Waals surface area contributed by atoms with Crippen molar-refractivity contribution in [1.82, 2.24) is 20.5 Å². The van der Waals surface area contributed by atoms with Gasteiger partial charge in [0.2, 0.25) is 5.95 Å². The number of halogens is 1. The zero-order valence-corrected chi connectivity index (χ0v) is 12.2. The molecule has 23 heavy (non-hydrogen) atoms. The normalized spacial score (nSPS) is 14.8. The van der Waals surface area contributed by atoms with Gasteiger partial charge in [-0.2, -0.15) is 14.8 Å². The summed E-state index contributed by atoms with van der Waals surface area (Å²) in [6.45, 7) is 0. The van der Waals surface area contributed by atoms with Crippen LogP contribution in [0.2, 0.25) is 0 Å². The number of nitrogens with one attached hydrogen (secondary N) is 3. The number of hydrogen-bond acceptors (Lipinski definition) is 5. The van der Waals surface area contributed by atoms with Gasteiger partial charge >= 0.3 is 0 Å². The Morgan fingerprint density at radius 1 is 1.57 bits per heavy atom. The lowest BCUT2D eigenvalue weighted by Crippen LogP contribution is -2.36. The first kappa shape index (κ1) is 15.0. The molecule has 118 valence electrons. The topological polar surface area (TPSA) is 106 Å². The van der Waals surface area contributed by atoms with E-state index in [0.29, 0.717) is 23.0 Å². The van der Waals surface area contributed by atoms with Crippen LogP contribution in [-0.4, -0.2) is 27.1 Å². The molecular weight excluding hydrogens is 299 g/mol. The van der Waals surface area contributed by atoms with Crippen LogP contribution in [0.15, 0.2) is 24.5 Å². The zero-order chi connectivity index (χ0) is 16.2. The van der Waals surface area contributed by atoms with E-state index >= 15 is 0 Å². The molecule has 2 heterocycles. The van der Waals surface area contributed by atoms with Gasteiger partial charge in [-0.1, -0.05) is 0 Å². The van der Waals surface area contributed by atoms with E-state index in [2.05, 4.69) is 31.9 Å². The molecule has 2 aromatic heterocycles. The fourth-order valence-electron chi connectivity index (χ4n) is 2.36. The first-order chi connectivity index (χ1) is 11.2. The Labute approximate surface area is 131 Å². The standard InChI is InChI=1S/C15H15FN6O/c16-13-7-10(4-6-18-13)20-14-11(8-19-22-14)15(23)21-12(3-5-17)9-1-2-9/h4,6-9,12H,1-3H2,(H,21,23)(H2,18,19,20,22). The third-order valence-electron chi connectivity index (χ3n) is 3.70. The summed E-state index contributed by atoms with van der Waals surface area (Å²) in [4.78, 5) is 15.9. The van der Waals surface area contributed by atoms with Gasteiger partial charge in [0.1, 0.15) is 11.4 Å². The highest BCUT2D eigenvalue weighted by Gasteiger charge is 2.32. The van der Waals surface area contributed by atoms with Gasteiger partial charge in [-0.15, -0.1) is 0 Å². The van der Waals surface area contributed by atoms with Crippen LogP contribution < -0.4 is 10.6 Å². The molecule has 1 aliphatic carbocycles. The third kappa shape index (κ3) is 3.63. The largest absolute Gasteiger partial charge is 0.348 e. The average Bonchev–Trinajstić information content (AvgIpc) is 3.27. The third-order valence-corrected chi connectivity index (χ3v) is 3.70. The first-order valence-electron chi connectivity index (χ1n) is 7.27. The molecule has 0 aromatic carbocycles. The average molecular weight is 314 g/mol. The molecule has 0 spiro atoms. The van der Waals surface area contributed by atoms with E-state index < -0.39 is 5.95 Å². The molecule has 3 N–H and O–H groups in total. The lowest BCUT2D eigenvalue weighted by atomic mass is 10.1. The summed E-state index contributed by atoms with van der Waals surface area (Å²) in [7, 11) is 0. The van der Waals surface area contributed by atoms with E-state index in [9.17, 15) is 9.18 Å². The SMILES string of the molecule is N#CCC(NC(=O)c1cn[nH]c1Nc1ccnc(F)c1)C1CC1. The highest BCUT2D eigenvalue weighted by molar-refractivity contribution is 5.99. The van der Waals surface area contributed by atoms with Crippen molar-refractivity contribution in [2.24, 2.45) is 5.92 Å². The van der Waals surface area contributed by atoms with Crippen LogP contribution in [0.1, 0.15) is 29.6 Å². The second kappa shape index (κ2) is 6.44. The minimum absolute atomic E-state index is 0.145. The number of aromatic nitrogens is 3. The van der Waals surface area contributed by atoms with Crippen molar-refractivity contribution in [3.05, 3.63) is 36.0 Å². The number of hydrogen-bond donors (Lipinski definition) is 3. The Morgan fingerprint density at radius 2 is 2.39 bits per heavy atom. The molecule has 1 amide bonds. The smallest absolute Gasteiger partial charge is 0.256 e. The molecule has 2 aromatic rings. The lowest BCUT2D eigenvalue weighted by molar-refractivity contribution is 0.0934. The summed E-state index contributed by atoms with van der Waals surface area (Å²) in [5.74, 6) is -0.206. The summed E-state index contributed by atoms with van der Waals surface area (Å²) in [6, 6.07) is 4.74. The van der Waals surface area contributed by atoms with E-state index in [4.69, 9.17) is 5.26 Å². The van der Waals surface area contributed by atoms with Crippen LogP contribution in [0.25, 0.3) is 0 Å². The van der Waals surface area contributed by atoms with Gasteiger partial charge in [-0.3, -0.25) is 9.89 Å². The quantitative estimate of drug-likeness (QED) is 0.708. The van der Waals surface area contributed by atoms with Crippen molar-refractivity contribution < 1.29 is 9.18 Å². The number of nitriles is 1. The Hall–Kier alpha value is -2.95. The number of nitrogens with zero attached hydrogens (tertiary/aromatic N) is 3. The highest BCUT2D eigenvalue weighted by atomic mass is 19.1. The first-order valence-corrected chi connectivity index (χ1v) is 7.27. The number of amides is 1. The zero-order valence-electron chi connectivity index (χ0n) is 12.2. The summed E-state index contributed by atoms with van der Waals surface area (Å²) < 4.78 is 13.1. The predicted octanol–water partition coefficient (Wildman–Crippen LogP) is 2.11. The van der Waals surface area contributed by atoms with Crippen molar-refractivity contribution in [3.8, 4) is 6.07 Å². The molecule has 1 saturated carbocycles. The van der Waals surface area contributed by atoms with E-state index in [-0.39, 0.29) is 18.4 Å². The lowest BCUT2D eigenvalue weighted by Gasteiger charge is -2.15. The minimum atomic E-state index is -0.622. The van der Waals surface area contributed by atoms with Crippen LogP contribution in [0.3, 0.4) is 0 Å². The van der Waals surface area contributed by atoms with Crippen LogP contribution in [0.5, 0.6) is 0 Å². The predicted molar refractivity (Wildman–Crippen MR) is 80.3 cm³/mol. The maximum Gasteiger partial charge on any atom is 0.256 e. The van der Waals surface area contributed by atoms with Crippen LogP contribution in [0, 0.1) is 23.2 Å². The Morgan fingerprint density at radius 3 is 3.09 bits per heavy atom. The molecule has 0 saturated heterocycles. The van der Waals surface area contributed by atoms with Crippen LogP contribution in [0.4, 0.5) is 15.9 Å². The number of carbonyl (C=O) groups excluding carboxylic acids is 1. The molecule has 1 atom stereocenters. The fourth-order valence-corrected chi connectivity index (χ4v) is 2.36. The molecule has 8 heteroatoms. The monoisotopic (exact) mass is 314 g/mol. The van der Waals surface area contributed by atoms with Gasteiger partial charge < -0.3 is 10.6 Å². The molecule has 0 aliphatic heterocycles. The number of anilines is 2. The number of aromatic amines is 1. The van der Waals surface area contributed by atoms with Crippen molar-refractivity contribution in [2.45, 2.75) is 25.3 Å². The van der Waals surface area contributed by atoms with Crippen molar-refractivity contribution in [2.75, 3.05) is 5.32 Å². The number of rotatable bonds is 6. The van der Waals surface area contributed by atoms with Crippen LogP contribution in [-0.2, 0) is 0 Å². The Kier molecular flexibility index (Phi) is 4.19. The van der Waals surface area contributed by atoms with Gasteiger partial charge in [0, 0.05) is 24.0 Å². The maximum absolute atomic E-state index is 13.1. The van der Waals surface area contributed by atoms with E-state index in [1.807, 2.05) is 0 Å². The number of carbonyl (C=O) groups is 1. The summed E-state index contributed by atoms with van der Waals surface area (Å²) in [5, 5.41) is 21.2. The van der Waals surface area contributed by atoms with Gasteiger partial charge in [-0.05, 0) is 24.8 Å². The summed E-state index contributed by atoms with van der Waals surface area (Å²) >= 11 is 0. The number of H-pyrrole nitrogens is 1. The molecule has 0 bridgehead atoms. The van der Waals surface area contributed by atoms with Gasteiger partial charge in [-0.25, -0.2) is 4.98 Å².